The normalized spacial score (nSPS) is 9.57. The van der Waals surface area contributed by atoms with Gasteiger partial charge < -0.3 is 0 Å². The Hall–Kier alpha value is 0.263. The van der Waals surface area contributed by atoms with Crippen molar-refractivity contribution in [2.75, 3.05) is 0 Å². The Balaban J connectivity index is 3.46. The van der Waals surface area contributed by atoms with Gasteiger partial charge in [-0.2, -0.15) is 0 Å². The molecule has 0 amide bonds. The van der Waals surface area contributed by atoms with E-state index in [-0.39, 0.29) is 0 Å². The first-order valence-corrected chi connectivity index (χ1v) is 3.77. The van der Waals surface area contributed by atoms with Gasteiger partial charge in [-0.05, 0) is 0 Å². The number of allylic oxidation sites excluding steroid dienone is 3. The minimum atomic E-state index is 0.903. The van der Waals surface area contributed by atoms with E-state index in [9.17, 15) is 0 Å². The van der Waals surface area contributed by atoms with Crippen molar-refractivity contribution < 1.29 is 17.9 Å². The monoisotopic (exact) mass is 164 g/mol. The molecule has 0 atom stereocenters. The van der Waals surface area contributed by atoms with Gasteiger partial charge in [0.1, 0.15) is 0 Å². The van der Waals surface area contributed by atoms with Crippen LogP contribution in [-0.2, 0) is 17.9 Å². The molecule has 34 valence electrons. The van der Waals surface area contributed by atoms with Crippen LogP contribution in [0.4, 0.5) is 0 Å². The van der Waals surface area contributed by atoms with Crippen LogP contribution in [0.5, 0.6) is 0 Å². The summed E-state index contributed by atoms with van der Waals surface area (Å²) in [6.07, 6.45) is 5.37. The maximum atomic E-state index is 5.49. The molecular weight excluding hydrogens is 161 g/mol. The van der Waals surface area contributed by atoms with E-state index in [4.69, 9.17) is 11.6 Å². The van der Waals surface area contributed by atoms with Gasteiger partial charge in [0.2, 0.25) is 0 Å². The molecular formula is C5H5ClZn. The van der Waals surface area contributed by atoms with Crippen molar-refractivity contribution in [3.63, 3.8) is 0 Å². The molecule has 0 rings (SSSR count). The zero-order valence-electron chi connectivity index (χ0n) is 4.02. The second kappa shape index (κ2) is 4.42. The van der Waals surface area contributed by atoms with E-state index in [2.05, 4.69) is 6.58 Å². The van der Waals surface area contributed by atoms with Gasteiger partial charge in [-0.15, -0.1) is 0 Å². The molecule has 0 N–H and O–H groups in total. The van der Waals surface area contributed by atoms with E-state index >= 15 is 0 Å². The van der Waals surface area contributed by atoms with Crippen molar-refractivity contribution in [3.8, 4) is 0 Å². The summed E-state index contributed by atoms with van der Waals surface area (Å²) in [5, 5.41) is 0. The molecule has 2 heteroatoms. The van der Waals surface area contributed by atoms with Gasteiger partial charge in [-0.3, -0.25) is 0 Å². The first-order valence-electron chi connectivity index (χ1n) is 1.91. The fraction of sp³-hybridized carbons (Fsp3) is 0. The molecule has 7 heavy (non-hydrogen) atoms. The molecule has 0 unspecified atom stereocenters. The van der Waals surface area contributed by atoms with Crippen LogP contribution in [0, 0.1) is 0 Å². The number of halogens is 1. The Kier molecular flexibility index (Phi) is 4.59. The van der Waals surface area contributed by atoms with Crippen LogP contribution in [0.25, 0.3) is 0 Å². The van der Waals surface area contributed by atoms with Crippen molar-refractivity contribution >= 4 is 15.2 Å². The van der Waals surface area contributed by atoms with E-state index in [0.717, 1.165) is 21.4 Å². The zero-order valence-corrected chi connectivity index (χ0v) is 7.75. The molecule has 0 aliphatic heterocycles. The van der Waals surface area contributed by atoms with Crippen LogP contribution in [0.2, 0.25) is 0 Å². The average molecular weight is 166 g/mol. The SMILES string of the molecule is C=C/C=C\[C](Cl)=[Zn]. The second-order valence-corrected chi connectivity index (χ2v) is 4.07. The third-order valence-corrected chi connectivity index (χ3v) is 1.03. The minimum absolute atomic E-state index is 0.903. The quantitative estimate of drug-likeness (QED) is 0.432. The zero-order chi connectivity index (χ0) is 5.70. The van der Waals surface area contributed by atoms with Crippen LogP contribution in [0.3, 0.4) is 0 Å². The summed E-state index contributed by atoms with van der Waals surface area (Å²) in [6, 6.07) is 0. The summed E-state index contributed by atoms with van der Waals surface area (Å²) in [4.78, 5) is 0. The van der Waals surface area contributed by atoms with Crippen LogP contribution in [0.1, 0.15) is 0 Å². The van der Waals surface area contributed by atoms with Gasteiger partial charge in [0.05, 0.1) is 0 Å². The average Bonchev–Trinajstić information content (AvgIpc) is 1.61. The van der Waals surface area contributed by atoms with Crippen LogP contribution < -0.4 is 0 Å². The van der Waals surface area contributed by atoms with Crippen molar-refractivity contribution in [1.82, 2.24) is 0 Å². The van der Waals surface area contributed by atoms with E-state index in [1.54, 1.807) is 6.08 Å². The van der Waals surface area contributed by atoms with Gasteiger partial charge in [0, 0.05) is 0 Å². The summed E-state index contributed by atoms with van der Waals surface area (Å²) in [5.74, 6) is 0. The van der Waals surface area contributed by atoms with Crippen molar-refractivity contribution in [3.05, 3.63) is 24.8 Å². The molecule has 0 aliphatic carbocycles. The summed E-state index contributed by atoms with van der Waals surface area (Å²) in [6.45, 7) is 3.49. The first kappa shape index (κ1) is 7.26. The topological polar surface area (TPSA) is 0 Å². The molecule has 0 spiro atoms. The fourth-order valence-electron chi connectivity index (χ4n) is 0.172. The molecule has 0 aromatic heterocycles. The molecule has 0 saturated heterocycles. The summed E-state index contributed by atoms with van der Waals surface area (Å²) < 4.78 is 0.903. The van der Waals surface area contributed by atoms with Crippen LogP contribution in [0.15, 0.2) is 24.8 Å². The third kappa shape index (κ3) is 6.26. The number of hydrogen-bond acceptors (Lipinski definition) is 0. The first-order chi connectivity index (χ1) is 3.27. The maximum absolute atomic E-state index is 5.49. The van der Waals surface area contributed by atoms with E-state index < -0.39 is 0 Å². The Morgan fingerprint density at radius 2 is 2.29 bits per heavy atom. The Bertz CT molecular complexity index is 105. The third-order valence-electron chi connectivity index (χ3n) is 0.413. The predicted octanol–water partition coefficient (Wildman–Crippen LogP) is 1.64. The van der Waals surface area contributed by atoms with E-state index in [1.165, 1.54) is 0 Å². The molecule has 0 bridgehead atoms. The molecule has 0 fully saturated rings. The van der Waals surface area contributed by atoms with Gasteiger partial charge in [-0.25, -0.2) is 0 Å². The fourth-order valence-corrected chi connectivity index (χ4v) is 0.531. The molecule has 0 saturated carbocycles. The molecule has 0 aromatic carbocycles. The van der Waals surface area contributed by atoms with Crippen molar-refractivity contribution in [2.24, 2.45) is 0 Å². The summed E-state index contributed by atoms with van der Waals surface area (Å²) in [7, 11) is 0. The molecule has 0 aromatic rings. The Morgan fingerprint density at radius 3 is 2.43 bits per heavy atom. The summed E-state index contributed by atoms with van der Waals surface area (Å²) in [5.41, 5.74) is 0. The molecule has 0 heterocycles. The second-order valence-electron chi connectivity index (χ2n) is 1.04. The van der Waals surface area contributed by atoms with Crippen LogP contribution >= 0.6 is 11.6 Å². The molecule has 0 radical (unpaired) electrons. The van der Waals surface area contributed by atoms with Gasteiger partial charge in [-0.1, -0.05) is 0 Å². The molecule has 0 aliphatic rings. The van der Waals surface area contributed by atoms with E-state index in [1.807, 2.05) is 12.2 Å². The Labute approximate surface area is 58.1 Å². The van der Waals surface area contributed by atoms with Gasteiger partial charge in [0.15, 0.2) is 0 Å². The van der Waals surface area contributed by atoms with Gasteiger partial charge >= 0.3 is 57.8 Å². The van der Waals surface area contributed by atoms with E-state index in [0.29, 0.717) is 0 Å². The number of rotatable bonds is 2. The van der Waals surface area contributed by atoms with Crippen LogP contribution in [-0.4, -0.2) is 3.57 Å². The summed E-state index contributed by atoms with van der Waals surface area (Å²) >= 11 is 6.51. The van der Waals surface area contributed by atoms with Crippen molar-refractivity contribution in [1.29, 1.82) is 0 Å². The Morgan fingerprint density at radius 1 is 1.71 bits per heavy atom. The van der Waals surface area contributed by atoms with Gasteiger partial charge in [0.25, 0.3) is 0 Å². The van der Waals surface area contributed by atoms with Crippen molar-refractivity contribution in [2.45, 2.75) is 0 Å². The predicted molar refractivity (Wildman–Crippen MR) is 30.2 cm³/mol. The molecule has 0 nitrogen and oxygen atoms in total. The number of hydrogen-bond donors (Lipinski definition) is 0. The standard InChI is InChI=1S/C5H5Cl.Zn/c1-2-3-4-5-6;/h2-4H,1H2;/b4-3-;.